The Morgan fingerprint density at radius 1 is 0.929 bits per heavy atom. The van der Waals surface area contributed by atoms with Crippen LogP contribution in [0.25, 0.3) is 15.8 Å². The topological polar surface area (TPSA) is 157 Å². The van der Waals surface area contributed by atoms with Crippen molar-refractivity contribution in [3.63, 3.8) is 0 Å². The van der Waals surface area contributed by atoms with Gasteiger partial charge in [0.25, 0.3) is 10.6 Å². The largest absolute Gasteiger partial charge is 0.369 e. The number of hydrogen-bond acceptors (Lipinski definition) is 5. The Morgan fingerprint density at radius 3 is 2.04 bits per heavy atom. The molecule has 9 nitrogen and oxygen atoms in total. The van der Waals surface area contributed by atoms with Crippen LogP contribution in [0.15, 0.2) is 53.3 Å². The van der Waals surface area contributed by atoms with Gasteiger partial charge in [-0.25, -0.2) is 3.96 Å². The smallest absolute Gasteiger partial charge is 0.368 e. The van der Waals surface area contributed by atoms with Gasteiger partial charge < -0.3 is 24.7 Å². The van der Waals surface area contributed by atoms with Crippen molar-refractivity contribution < 1.29 is 33.8 Å². The van der Waals surface area contributed by atoms with Gasteiger partial charge >= 0.3 is 15.2 Å². The maximum Gasteiger partial charge on any atom is 0.369 e. The predicted molar refractivity (Wildman–Crippen MR) is 105 cm³/mol. The van der Waals surface area contributed by atoms with Crippen molar-refractivity contribution in [2.24, 2.45) is 0 Å². The molecule has 5 N–H and O–H groups in total. The van der Waals surface area contributed by atoms with Crippen molar-refractivity contribution in [2.45, 2.75) is 17.9 Å². The second-order valence-corrected chi connectivity index (χ2v) is 11.2. The van der Waals surface area contributed by atoms with Gasteiger partial charge in [-0.05, 0) is 36.2 Å². The van der Waals surface area contributed by atoms with Crippen molar-refractivity contribution >= 4 is 36.8 Å². The van der Waals surface area contributed by atoms with Crippen LogP contribution in [0.5, 0.6) is 0 Å². The van der Waals surface area contributed by atoms with Gasteiger partial charge in [0.1, 0.15) is 0 Å². The molecule has 0 unspecified atom stereocenters. The van der Waals surface area contributed by atoms with Crippen LogP contribution in [0.1, 0.15) is 12.0 Å². The average molecular weight is 445 g/mol. The molecular weight excluding hydrogens is 428 g/mol. The van der Waals surface area contributed by atoms with E-state index in [0.717, 1.165) is 4.70 Å². The molecule has 0 radical (unpaired) electrons. The van der Waals surface area contributed by atoms with E-state index >= 15 is 0 Å². The Kier molecular flexibility index (Phi) is 5.53. The molecule has 2 aromatic carbocycles. The summed E-state index contributed by atoms with van der Waals surface area (Å²) in [7, 11) is -11.0. The van der Waals surface area contributed by atoms with Gasteiger partial charge in [-0.3, -0.25) is 13.9 Å². The predicted octanol–water partition coefficient (Wildman–Crippen LogP) is 1.99. The van der Waals surface area contributed by atoms with Gasteiger partial charge in [0.2, 0.25) is 0 Å². The Balaban J connectivity index is 1.85. The molecule has 0 amide bonds. The van der Waals surface area contributed by atoms with E-state index < -0.39 is 26.7 Å². The van der Waals surface area contributed by atoms with Crippen molar-refractivity contribution in [1.29, 1.82) is 0 Å². The van der Waals surface area contributed by atoms with Crippen molar-refractivity contribution in [1.82, 2.24) is 3.96 Å². The molecule has 28 heavy (non-hydrogen) atoms. The number of aromatic nitrogens is 1. The van der Waals surface area contributed by atoms with E-state index in [0.29, 0.717) is 16.6 Å². The van der Waals surface area contributed by atoms with Crippen molar-refractivity contribution in [3.05, 3.63) is 64.4 Å². The highest BCUT2D eigenvalue weighted by atomic mass is 32.1. The lowest BCUT2D eigenvalue weighted by atomic mass is 10.1. The van der Waals surface area contributed by atoms with Crippen molar-refractivity contribution in [2.75, 3.05) is 0 Å². The zero-order valence-corrected chi connectivity index (χ0v) is 16.8. The normalized spacial score (nSPS) is 13.2. The summed E-state index contributed by atoms with van der Waals surface area (Å²) in [6.45, 7) is 0. The fraction of sp³-hybridized carbons (Fsp3) is 0.188. The average Bonchev–Trinajstić information content (AvgIpc) is 2.95. The molecule has 150 valence electrons. The van der Waals surface area contributed by atoms with Crippen LogP contribution in [0.2, 0.25) is 0 Å². The monoisotopic (exact) mass is 445 g/mol. The minimum Gasteiger partial charge on any atom is -0.368 e. The molecule has 0 fully saturated rings. The molecule has 1 heterocycles. The van der Waals surface area contributed by atoms with E-state index in [2.05, 4.69) is 0 Å². The minimum atomic E-state index is -5.48. The lowest BCUT2D eigenvalue weighted by molar-refractivity contribution is 0.123. The molecule has 0 atom stereocenters. The van der Waals surface area contributed by atoms with Crippen LogP contribution in [0.4, 0.5) is 0 Å². The van der Waals surface area contributed by atoms with Gasteiger partial charge in [0, 0.05) is 6.42 Å². The van der Waals surface area contributed by atoms with Gasteiger partial charge in [-0.2, -0.15) is 0 Å². The molecule has 0 bridgehead atoms. The van der Waals surface area contributed by atoms with E-state index in [1.807, 2.05) is 12.1 Å². The summed E-state index contributed by atoms with van der Waals surface area (Å²) in [5.74, 6) is 0. The highest BCUT2D eigenvalue weighted by molar-refractivity contribution is 7.72. The fourth-order valence-electron chi connectivity index (χ4n) is 2.71. The second kappa shape index (κ2) is 7.33. The molecule has 0 saturated carbocycles. The first-order valence-electron chi connectivity index (χ1n) is 7.98. The second-order valence-electron chi connectivity index (χ2n) is 6.22. The van der Waals surface area contributed by atoms with Crippen LogP contribution in [-0.4, -0.2) is 33.7 Å². The maximum absolute atomic E-state index is 12.5. The highest BCUT2D eigenvalue weighted by Gasteiger charge is 2.58. The molecule has 0 aliphatic carbocycles. The first-order chi connectivity index (χ1) is 12.9. The fourth-order valence-corrected chi connectivity index (χ4v) is 5.88. The van der Waals surface area contributed by atoms with Crippen LogP contribution in [0.3, 0.4) is 0 Å². The quantitative estimate of drug-likeness (QED) is 0.361. The lowest BCUT2D eigenvalue weighted by Gasteiger charge is -2.29. The molecule has 0 saturated heterocycles. The number of aliphatic hydroxyl groups is 1. The first-order valence-corrected chi connectivity index (χ1v) is 12.0. The van der Waals surface area contributed by atoms with Crippen LogP contribution in [0, 0.1) is 0 Å². The third-order valence-corrected chi connectivity index (χ3v) is 9.33. The third-order valence-electron chi connectivity index (χ3n) is 4.34. The number of hydrogen-bond donors (Lipinski definition) is 5. The zero-order chi connectivity index (χ0) is 20.7. The van der Waals surface area contributed by atoms with Crippen molar-refractivity contribution in [3.8, 4) is 5.69 Å². The summed E-state index contributed by atoms with van der Waals surface area (Å²) in [6, 6.07) is 13.5. The van der Waals surface area contributed by atoms with E-state index in [1.54, 1.807) is 36.4 Å². The molecule has 3 rings (SSSR count). The Labute approximate surface area is 163 Å². The molecule has 0 aliphatic heterocycles. The van der Waals surface area contributed by atoms with Crippen LogP contribution >= 0.6 is 26.7 Å². The highest BCUT2D eigenvalue weighted by Crippen LogP contribution is 2.69. The molecule has 0 spiro atoms. The van der Waals surface area contributed by atoms with Crippen LogP contribution in [-0.2, 0) is 15.6 Å². The molecule has 1 aromatic heterocycles. The van der Waals surface area contributed by atoms with E-state index in [1.165, 1.54) is 15.5 Å². The number of fused-ring (bicyclic) bond motifs is 1. The summed E-state index contributed by atoms with van der Waals surface area (Å²) in [6.07, 6.45) is -1.02. The first kappa shape index (κ1) is 21.1. The summed E-state index contributed by atoms with van der Waals surface area (Å²) in [4.78, 5) is 49.2. The molecule has 3 aromatic rings. The van der Waals surface area contributed by atoms with E-state index in [9.17, 15) is 38.6 Å². The van der Waals surface area contributed by atoms with E-state index in [-0.39, 0.29) is 12.0 Å². The SMILES string of the molecule is O=c1c2ccccc2sn1-c1ccc(CCC(O)(P(=O)(O)O)P(=O)(O)O)cc1. The van der Waals surface area contributed by atoms with Gasteiger partial charge in [-0.1, -0.05) is 35.8 Å². The summed E-state index contributed by atoms with van der Waals surface area (Å²) in [5.41, 5.74) is 0.888. The standard InChI is InChI=1S/C16H17NO8P2S/c18-15-13-3-1-2-4-14(13)28-17(15)12-7-5-11(6-8-12)9-10-16(19,26(20,21)22)27(23,24)25/h1-8,19H,9-10H2,(H2,20,21,22)(H2,23,24,25). The number of nitrogens with zero attached hydrogens (tertiary/aromatic N) is 1. The zero-order valence-electron chi connectivity index (χ0n) is 14.2. The minimum absolute atomic E-state index is 0.175. The van der Waals surface area contributed by atoms with Crippen LogP contribution < -0.4 is 5.56 Å². The molecule has 0 aliphatic rings. The number of rotatable bonds is 6. The van der Waals surface area contributed by atoms with E-state index in [4.69, 9.17) is 0 Å². The Morgan fingerprint density at radius 2 is 1.50 bits per heavy atom. The number of aryl methyl sites for hydroxylation is 1. The summed E-state index contributed by atoms with van der Waals surface area (Å²) in [5, 5.41) is 7.07. The lowest BCUT2D eigenvalue weighted by Crippen LogP contribution is -2.29. The third kappa shape index (κ3) is 3.78. The summed E-state index contributed by atoms with van der Waals surface area (Å²) < 4.78 is 25.1. The molecule has 12 heteroatoms. The molecular formula is C16H17NO8P2S. The number of benzene rings is 2. The Bertz CT molecular complexity index is 1140. The maximum atomic E-state index is 12.5. The van der Waals surface area contributed by atoms with Gasteiger partial charge in [-0.15, -0.1) is 0 Å². The van der Waals surface area contributed by atoms with Gasteiger partial charge in [0.05, 0.1) is 15.8 Å². The van der Waals surface area contributed by atoms with Gasteiger partial charge in [0.15, 0.2) is 0 Å². The summed E-state index contributed by atoms with van der Waals surface area (Å²) >= 11 is 1.27. The Hall–Kier alpha value is -1.61.